The number of aromatic nitrogens is 3. The lowest BCUT2D eigenvalue weighted by Gasteiger charge is -2.16. The van der Waals surface area contributed by atoms with Crippen molar-refractivity contribution >= 4 is 17.5 Å². The lowest BCUT2D eigenvalue weighted by molar-refractivity contribution is 0.0938. The normalized spacial score (nSPS) is 11.8. The van der Waals surface area contributed by atoms with Gasteiger partial charge in [0.1, 0.15) is 0 Å². The number of carbonyl (C=O) groups is 1. The van der Waals surface area contributed by atoms with Crippen LogP contribution in [0, 0.1) is 25.2 Å². The monoisotopic (exact) mass is 301 g/mol. The zero-order valence-corrected chi connectivity index (χ0v) is 12.1. The van der Waals surface area contributed by atoms with E-state index in [1.165, 1.54) is 10.9 Å². The van der Waals surface area contributed by atoms with Gasteiger partial charge in [0.05, 0.1) is 23.9 Å². The number of hydrogen-bond acceptors (Lipinski definition) is 4. The van der Waals surface area contributed by atoms with Crippen LogP contribution >= 0.6 is 11.6 Å². The largest absolute Gasteiger partial charge is 0.344 e. The molecule has 2 radical (unpaired) electrons. The summed E-state index contributed by atoms with van der Waals surface area (Å²) in [6, 6.07) is 4.54. The molecule has 0 aliphatic heterocycles. The molecule has 6 nitrogen and oxygen atoms in total. The molecule has 1 N–H and O–H groups in total. The van der Waals surface area contributed by atoms with Crippen molar-refractivity contribution in [3.05, 3.63) is 59.6 Å². The minimum Gasteiger partial charge on any atom is -0.344 e. The Labute approximate surface area is 127 Å². The van der Waals surface area contributed by atoms with Gasteiger partial charge in [0.15, 0.2) is 5.69 Å². The third kappa shape index (κ3) is 3.20. The summed E-state index contributed by atoms with van der Waals surface area (Å²) in [6.45, 7) is 7.57. The van der Waals surface area contributed by atoms with Crippen molar-refractivity contribution in [2.75, 3.05) is 0 Å². The van der Waals surface area contributed by atoms with Crippen LogP contribution in [0.15, 0.2) is 18.3 Å². The van der Waals surface area contributed by atoms with Gasteiger partial charge in [-0.2, -0.15) is 5.26 Å². The quantitative estimate of drug-likeness (QED) is 0.937. The number of benzene rings is 1. The van der Waals surface area contributed by atoms with Crippen LogP contribution in [0.3, 0.4) is 0 Å². The van der Waals surface area contributed by atoms with E-state index in [0.717, 1.165) is 0 Å². The van der Waals surface area contributed by atoms with Gasteiger partial charge in [-0.05, 0) is 31.5 Å². The average Bonchev–Trinajstić information content (AvgIpc) is 2.84. The first-order valence-corrected chi connectivity index (χ1v) is 6.36. The highest BCUT2D eigenvalue weighted by Gasteiger charge is 2.19. The predicted octanol–water partition coefficient (Wildman–Crippen LogP) is 1.83. The molecule has 1 aromatic carbocycles. The highest BCUT2D eigenvalue weighted by Crippen LogP contribution is 2.27. The predicted molar refractivity (Wildman–Crippen MR) is 77.2 cm³/mol. The molecule has 0 bridgehead atoms. The van der Waals surface area contributed by atoms with E-state index in [-0.39, 0.29) is 5.69 Å². The zero-order chi connectivity index (χ0) is 15.6. The molecule has 106 valence electrons. The summed E-state index contributed by atoms with van der Waals surface area (Å²) in [5.74, 6) is -0.443. The second-order valence-electron chi connectivity index (χ2n) is 4.45. The van der Waals surface area contributed by atoms with E-state index in [4.69, 9.17) is 16.9 Å². The van der Waals surface area contributed by atoms with Crippen LogP contribution < -0.4 is 5.32 Å². The third-order valence-electron chi connectivity index (χ3n) is 2.80. The van der Waals surface area contributed by atoms with E-state index in [0.29, 0.717) is 21.7 Å². The second-order valence-corrected chi connectivity index (χ2v) is 4.86. The van der Waals surface area contributed by atoms with Gasteiger partial charge < -0.3 is 5.32 Å². The number of rotatable bonds is 3. The Balaban J connectivity index is 2.27. The molecule has 0 aliphatic rings. The van der Waals surface area contributed by atoms with Crippen molar-refractivity contribution in [3.63, 3.8) is 0 Å². The molecule has 7 heteroatoms. The summed E-state index contributed by atoms with van der Waals surface area (Å²) >= 11 is 6.13. The van der Waals surface area contributed by atoms with Crippen molar-refractivity contribution in [1.82, 2.24) is 20.3 Å². The number of nitrogens with one attached hydrogen (secondary N) is 1. The van der Waals surface area contributed by atoms with Crippen LogP contribution in [0.5, 0.6) is 0 Å². The fourth-order valence-corrected chi connectivity index (χ4v) is 2.25. The van der Waals surface area contributed by atoms with Gasteiger partial charge >= 0.3 is 0 Å². The molecule has 2 aromatic rings. The summed E-state index contributed by atoms with van der Waals surface area (Å²) < 4.78 is 1.41. The van der Waals surface area contributed by atoms with Crippen LogP contribution in [-0.2, 0) is 7.05 Å². The van der Waals surface area contributed by atoms with Gasteiger partial charge in [-0.25, -0.2) is 0 Å². The van der Waals surface area contributed by atoms with Gasteiger partial charge in [0.25, 0.3) is 5.91 Å². The number of nitriles is 1. The van der Waals surface area contributed by atoms with E-state index in [2.05, 4.69) is 29.5 Å². The Morgan fingerprint density at radius 1 is 1.57 bits per heavy atom. The summed E-state index contributed by atoms with van der Waals surface area (Å²) in [5.41, 5.74) is 1.55. The number of aryl methyl sites for hydroxylation is 1. The Morgan fingerprint density at radius 3 is 2.86 bits per heavy atom. The smallest absolute Gasteiger partial charge is 0.273 e. The Kier molecular flexibility index (Phi) is 4.24. The molecular weight excluding hydrogens is 290 g/mol. The molecule has 0 fully saturated rings. The second kappa shape index (κ2) is 5.94. The van der Waals surface area contributed by atoms with Gasteiger partial charge in [0.2, 0.25) is 0 Å². The number of carbonyl (C=O) groups excluding carboxylic acids is 1. The van der Waals surface area contributed by atoms with Gasteiger partial charge in [-0.15, -0.1) is 5.10 Å². The van der Waals surface area contributed by atoms with Crippen molar-refractivity contribution in [2.24, 2.45) is 7.05 Å². The first-order valence-electron chi connectivity index (χ1n) is 5.98. The van der Waals surface area contributed by atoms with Crippen molar-refractivity contribution in [1.29, 1.82) is 5.26 Å². The molecule has 0 saturated heterocycles. The molecule has 0 saturated carbocycles. The highest BCUT2D eigenvalue weighted by atomic mass is 35.5. The minimum absolute atomic E-state index is 0.162. The standard InChI is InChI=1S/C14H12ClN5O/c1-8-4-10(6-16)13(11(15)5-8)9(2)17-14(21)12-7-20(3)19-18-12/h4-5,7,9H,1-2H2,3H3,(H,17,21). The fraction of sp³-hybridized carbons (Fsp3) is 0.143. The van der Waals surface area contributed by atoms with E-state index in [1.54, 1.807) is 19.2 Å². The summed E-state index contributed by atoms with van der Waals surface area (Å²) in [7, 11) is 1.66. The van der Waals surface area contributed by atoms with Gasteiger partial charge in [0, 0.05) is 17.6 Å². The molecule has 1 unspecified atom stereocenters. The maximum atomic E-state index is 12.0. The fourth-order valence-electron chi connectivity index (χ4n) is 1.88. The lowest BCUT2D eigenvalue weighted by atomic mass is 9.99. The number of halogens is 1. The van der Waals surface area contributed by atoms with Crippen LogP contribution in [0.1, 0.15) is 33.2 Å². The average molecular weight is 302 g/mol. The minimum atomic E-state index is -0.692. The number of amides is 1. The molecule has 1 heterocycles. The SMILES string of the molecule is [CH2]c1cc(Cl)c(C([CH2])NC(=O)c2cn(C)nn2)c(C#N)c1. The van der Waals surface area contributed by atoms with Crippen LogP contribution in [0.2, 0.25) is 5.02 Å². The Bertz CT molecular complexity index is 731. The topological polar surface area (TPSA) is 83.6 Å². The Morgan fingerprint density at radius 2 is 2.29 bits per heavy atom. The highest BCUT2D eigenvalue weighted by molar-refractivity contribution is 6.31. The molecule has 1 aromatic heterocycles. The first-order chi connectivity index (χ1) is 9.92. The maximum Gasteiger partial charge on any atom is 0.273 e. The zero-order valence-electron chi connectivity index (χ0n) is 11.3. The van der Waals surface area contributed by atoms with Crippen molar-refractivity contribution in [3.8, 4) is 6.07 Å². The van der Waals surface area contributed by atoms with E-state index in [1.807, 2.05) is 6.07 Å². The molecule has 21 heavy (non-hydrogen) atoms. The van der Waals surface area contributed by atoms with E-state index >= 15 is 0 Å². The number of nitrogens with zero attached hydrogens (tertiary/aromatic N) is 4. The summed E-state index contributed by atoms with van der Waals surface area (Å²) in [6.07, 6.45) is 1.48. The first kappa shape index (κ1) is 15.0. The van der Waals surface area contributed by atoms with E-state index in [9.17, 15) is 4.79 Å². The maximum absolute atomic E-state index is 12.0. The van der Waals surface area contributed by atoms with Crippen molar-refractivity contribution in [2.45, 2.75) is 6.04 Å². The molecule has 0 aliphatic carbocycles. The molecule has 0 spiro atoms. The molecular formula is C14H12ClN5O. The van der Waals surface area contributed by atoms with E-state index < -0.39 is 11.9 Å². The molecule has 1 amide bonds. The molecule has 2 rings (SSSR count). The Hall–Kier alpha value is -2.39. The third-order valence-corrected chi connectivity index (χ3v) is 3.11. The lowest BCUT2D eigenvalue weighted by Crippen LogP contribution is -2.28. The molecule has 1 atom stereocenters. The number of hydrogen-bond donors (Lipinski definition) is 1. The van der Waals surface area contributed by atoms with Crippen molar-refractivity contribution < 1.29 is 4.79 Å². The van der Waals surface area contributed by atoms with Crippen LogP contribution in [0.25, 0.3) is 0 Å². The summed E-state index contributed by atoms with van der Waals surface area (Å²) in [5, 5.41) is 19.5. The van der Waals surface area contributed by atoms with Crippen LogP contribution in [0.4, 0.5) is 0 Å². The summed E-state index contributed by atoms with van der Waals surface area (Å²) in [4.78, 5) is 12.0. The van der Waals surface area contributed by atoms with Gasteiger partial charge in [-0.1, -0.05) is 16.8 Å². The van der Waals surface area contributed by atoms with Gasteiger partial charge in [-0.3, -0.25) is 9.48 Å². The van der Waals surface area contributed by atoms with Crippen LogP contribution in [-0.4, -0.2) is 20.9 Å².